The molecule has 0 aliphatic carbocycles. The number of hydrogen-bond acceptors (Lipinski definition) is 5. The summed E-state index contributed by atoms with van der Waals surface area (Å²) in [6, 6.07) is 6.67. The molecule has 1 rings (SSSR count). The maximum Gasteiger partial charge on any atom is 0.325 e. The molecule has 0 unspecified atom stereocenters. The Labute approximate surface area is 134 Å². The van der Waals surface area contributed by atoms with E-state index in [4.69, 9.17) is 19.3 Å². The number of hydrogen-bond donors (Lipinski definition) is 2. The average Bonchev–Trinajstić information content (AvgIpc) is 2.42. The van der Waals surface area contributed by atoms with E-state index in [9.17, 15) is 14.2 Å². The second-order valence-electron chi connectivity index (χ2n) is 4.83. The summed E-state index contributed by atoms with van der Waals surface area (Å²) in [5.41, 5.74) is 0.941. The van der Waals surface area contributed by atoms with Gasteiger partial charge in [0.25, 0.3) is 0 Å². The lowest BCUT2D eigenvalue weighted by Gasteiger charge is -2.11. The van der Waals surface area contributed by atoms with Gasteiger partial charge in [0.15, 0.2) is 0 Å². The average molecular weight is 342 g/mol. The van der Waals surface area contributed by atoms with E-state index in [1.54, 1.807) is 24.3 Å². The van der Waals surface area contributed by atoms with E-state index in [1.807, 2.05) is 0 Å². The lowest BCUT2D eigenvalue weighted by Crippen LogP contribution is -2.09. The largest absolute Gasteiger partial charge is 0.465 e. The molecule has 23 heavy (non-hydrogen) atoms. The molecule has 1 aromatic rings. The molecule has 0 saturated carbocycles. The van der Waals surface area contributed by atoms with Gasteiger partial charge in [-0.25, -0.2) is 0 Å². The Morgan fingerprint density at radius 1 is 1.26 bits per heavy atom. The summed E-state index contributed by atoms with van der Waals surface area (Å²) in [4.78, 5) is 40.1. The molecule has 0 aliphatic heterocycles. The second-order valence-corrected chi connectivity index (χ2v) is 6.61. The molecule has 0 aromatic heterocycles. The predicted octanol–water partition coefficient (Wildman–Crippen LogP) is 2.13. The molecule has 7 nitrogen and oxygen atoms in total. The van der Waals surface area contributed by atoms with Crippen LogP contribution in [0.15, 0.2) is 30.8 Å². The Morgan fingerprint density at radius 2 is 1.91 bits per heavy atom. The van der Waals surface area contributed by atoms with E-state index in [2.05, 4.69) is 6.58 Å². The molecule has 2 N–H and O–H groups in total. The smallest absolute Gasteiger partial charge is 0.325 e. The number of esters is 2. The first-order chi connectivity index (χ1) is 10.7. The number of ether oxygens (including phenoxy) is 2. The summed E-state index contributed by atoms with van der Waals surface area (Å²) in [6.07, 6.45) is -0.378. The molecule has 0 fully saturated rings. The Kier molecular flexibility index (Phi) is 7.16. The van der Waals surface area contributed by atoms with Crippen molar-refractivity contribution < 1.29 is 33.4 Å². The molecule has 0 heterocycles. The van der Waals surface area contributed by atoms with Crippen molar-refractivity contribution in [1.29, 1.82) is 0 Å². The molecule has 0 aliphatic rings. The van der Waals surface area contributed by atoms with Crippen LogP contribution in [0.3, 0.4) is 0 Å². The SMILES string of the molecule is C=C(CC(=O)OCCCP(=O)(O)O)c1ccccc1OC(C)=O. The zero-order chi connectivity index (χ0) is 17.5. The molecule has 0 radical (unpaired) electrons. The van der Waals surface area contributed by atoms with Crippen LogP contribution in [0.4, 0.5) is 0 Å². The van der Waals surface area contributed by atoms with E-state index in [0.717, 1.165) is 0 Å². The van der Waals surface area contributed by atoms with Crippen LogP contribution >= 0.6 is 7.60 Å². The van der Waals surface area contributed by atoms with Gasteiger partial charge in [0.2, 0.25) is 0 Å². The molecule has 0 amide bonds. The number of para-hydroxylation sites is 1. The minimum atomic E-state index is -4.08. The van der Waals surface area contributed by atoms with Gasteiger partial charge in [0.05, 0.1) is 19.2 Å². The van der Waals surface area contributed by atoms with Crippen molar-refractivity contribution in [1.82, 2.24) is 0 Å². The fraction of sp³-hybridized carbons (Fsp3) is 0.333. The molecular formula is C15H19O7P. The summed E-state index contributed by atoms with van der Waals surface area (Å²) in [7, 11) is -4.08. The number of carbonyl (C=O) groups is 2. The summed E-state index contributed by atoms with van der Waals surface area (Å²) >= 11 is 0. The van der Waals surface area contributed by atoms with Gasteiger partial charge in [-0.3, -0.25) is 14.2 Å². The van der Waals surface area contributed by atoms with Gasteiger partial charge >= 0.3 is 19.5 Å². The van der Waals surface area contributed by atoms with Crippen LogP contribution in [-0.4, -0.2) is 34.5 Å². The summed E-state index contributed by atoms with van der Waals surface area (Å²) in [5, 5.41) is 0. The van der Waals surface area contributed by atoms with Gasteiger partial charge in [0.1, 0.15) is 5.75 Å². The highest BCUT2D eigenvalue weighted by Gasteiger charge is 2.15. The molecular weight excluding hydrogens is 323 g/mol. The van der Waals surface area contributed by atoms with Gasteiger partial charge in [0, 0.05) is 12.5 Å². The van der Waals surface area contributed by atoms with E-state index in [1.165, 1.54) is 6.92 Å². The predicted molar refractivity (Wildman–Crippen MR) is 83.9 cm³/mol. The van der Waals surface area contributed by atoms with Crippen molar-refractivity contribution in [3.63, 3.8) is 0 Å². The highest BCUT2D eigenvalue weighted by molar-refractivity contribution is 7.51. The Balaban J connectivity index is 2.54. The third-order valence-electron chi connectivity index (χ3n) is 2.74. The number of benzene rings is 1. The fourth-order valence-electron chi connectivity index (χ4n) is 1.78. The molecule has 8 heteroatoms. The van der Waals surface area contributed by atoms with Crippen molar-refractivity contribution in [2.75, 3.05) is 12.8 Å². The monoisotopic (exact) mass is 342 g/mol. The topological polar surface area (TPSA) is 110 Å². The van der Waals surface area contributed by atoms with Crippen molar-refractivity contribution in [2.24, 2.45) is 0 Å². The van der Waals surface area contributed by atoms with Crippen LogP contribution < -0.4 is 4.74 Å². The summed E-state index contributed by atoms with van der Waals surface area (Å²) in [5.74, 6) is -0.747. The van der Waals surface area contributed by atoms with E-state index >= 15 is 0 Å². The van der Waals surface area contributed by atoms with Gasteiger partial charge in [-0.2, -0.15) is 0 Å². The van der Waals surface area contributed by atoms with Gasteiger partial charge < -0.3 is 19.3 Å². The molecule has 1 aromatic carbocycles. The third kappa shape index (κ3) is 7.74. The molecule has 0 atom stereocenters. The van der Waals surface area contributed by atoms with Gasteiger partial charge in [-0.1, -0.05) is 24.8 Å². The lowest BCUT2D eigenvalue weighted by molar-refractivity contribution is -0.142. The highest BCUT2D eigenvalue weighted by Crippen LogP contribution is 2.34. The van der Waals surface area contributed by atoms with E-state index in [-0.39, 0.29) is 25.6 Å². The van der Waals surface area contributed by atoms with Crippen LogP contribution in [0, 0.1) is 0 Å². The minimum Gasteiger partial charge on any atom is -0.465 e. The zero-order valence-corrected chi connectivity index (χ0v) is 13.6. The first-order valence-corrected chi connectivity index (χ1v) is 8.64. The van der Waals surface area contributed by atoms with Crippen LogP contribution in [0.25, 0.3) is 5.57 Å². The lowest BCUT2D eigenvalue weighted by atomic mass is 10.0. The van der Waals surface area contributed by atoms with E-state index < -0.39 is 19.5 Å². The highest BCUT2D eigenvalue weighted by atomic mass is 31.2. The van der Waals surface area contributed by atoms with Gasteiger partial charge in [-0.05, 0) is 18.1 Å². The Hall–Kier alpha value is -1.95. The standard InChI is InChI=1S/C15H19O7P/c1-11(10-15(17)21-8-5-9-23(18,19)20)13-6-3-4-7-14(13)22-12(2)16/h3-4,6-7H,1,5,8-10H2,2H3,(H2,18,19,20). The molecule has 0 saturated heterocycles. The van der Waals surface area contributed by atoms with Gasteiger partial charge in [-0.15, -0.1) is 0 Å². The van der Waals surface area contributed by atoms with E-state index in [0.29, 0.717) is 16.9 Å². The van der Waals surface area contributed by atoms with Crippen molar-refractivity contribution in [2.45, 2.75) is 19.8 Å². The van der Waals surface area contributed by atoms with Crippen LogP contribution in [0.1, 0.15) is 25.3 Å². The fourth-order valence-corrected chi connectivity index (χ4v) is 2.32. The first-order valence-electron chi connectivity index (χ1n) is 6.85. The maximum absolute atomic E-state index is 11.7. The van der Waals surface area contributed by atoms with Crippen molar-refractivity contribution in [3.05, 3.63) is 36.4 Å². The molecule has 126 valence electrons. The van der Waals surface area contributed by atoms with Crippen LogP contribution in [-0.2, 0) is 18.9 Å². The molecule has 0 spiro atoms. The maximum atomic E-state index is 11.7. The van der Waals surface area contributed by atoms with Crippen molar-refractivity contribution in [3.8, 4) is 5.75 Å². The first kappa shape index (κ1) is 19.1. The Morgan fingerprint density at radius 3 is 2.52 bits per heavy atom. The minimum absolute atomic E-state index is 0.0759. The van der Waals surface area contributed by atoms with Crippen molar-refractivity contribution >= 4 is 25.1 Å². The summed E-state index contributed by atoms with van der Waals surface area (Å²) in [6.45, 7) is 4.98. The number of rotatable bonds is 8. The van der Waals surface area contributed by atoms with Crippen LogP contribution in [0.2, 0.25) is 0 Å². The van der Waals surface area contributed by atoms with Crippen LogP contribution in [0.5, 0.6) is 5.75 Å². The number of carbonyl (C=O) groups excluding carboxylic acids is 2. The summed E-state index contributed by atoms with van der Waals surface area (Å²) < 4.78 is 20.6. The normalized spacial score (nSPS) is 10.9. The zero-order valence-electron chi connectivity index (χ0n) is 12.7. The third-order valence-corrected chi connectivity index (χ3v) is 3.63. The Bertz CT molecular complexity index is 632. The second kappa shape index (κ2) is 8.62. The molecule has 0 bridgehead atoms. The quantitative estimate of drug-likeness (QED) is 0.322.